The summed E-state index contributed by atoms with van der Waals surface area (Å²) in [5, 5.41) is 15.2. The quantitative estimate of drug-likeness (QED) is 0.582. The number of benzene rings is 2. The number of anilines is 1. The van der Waals surface area contributed by atoms with E-state index in [0.29, 0.717) is 5.82 Å². The van der Waals surface area contributed by atoms with Crippen LogP contribution >= 0.6 is 0 Å². The van der Waals surface area contributed by atoms with E-state index in [1.165, 1.54) is 4.80 Å². The van der Waals surface area contributed by atoms with Gasteiger partial charge in [-0.15, -0.1) is 10.2 Å². The topological polar surface area (TPSA) is 101 Å². The molecule has 0 unspecified atom stereocenters. The van der Waals surface area contributed by atoms with Gasteiger partial charge >= 0.3 is 0 Å². The van der Waals surface area contributed by atoms with Crippen LogP contribution in [0, 0.1) is 20.8 Å². The fourth-order valence-corrected chi connectivity index (χ4v) is 2.97. The first-order valence-electron chi connectivity index (χ1n) is 8.59. The van der Waals surface area contributed by atoms with Gasteiger partial charge in [-0.05, 0) is 55.8 Å². The van der Waals surface area contributed by atoms with Crippen LogP contribution in [0.5, 0.6) is 0 Å². The second kappa shape index (κ2) is 6.64. The van der Waals surface area contributed by atoms with Crippen molar-refractivity contribution in [2.75, 3.05) is 5.32 Å². The van der Waals surface area contributed by atoms with E-state index in [1.807, 2.05) is 57.2 Å². The number of rotatable bonds is 4. The molecule has 4 aromatic rings. The number of aromatic amines is 1. The Hall–Kier alpha value is -3.55. The van der Waals surface area contributed by atoms with Gasteiger partial charge < -0.3 is 10.3 Å². The highest BCUT2D eigenvalue weighted by atomic mass is 16.2. The number of H-pyrrole nitrogens is 1. The number of imidazole rings is 1. The smallest absolute Gasteiger partial charge is 0.248 e. The average molecular weight is 361 g/mol. The summed E-state index contributed by atoms with van der Waals surface area (Å²) in [6, 6.07) is 11.6. The molecule has 0 atom stereocenters. The van der Waals surface area contributed by atoms with Crippen molar-refractivity contribution in [2.24, 2.45) is 0 Å². The number of fused-ring (bicyclic) bond motifs is 1. The van der Waals surface area contributed by atoms with E-state index in [4.69, 9.17) is 0 Å². The van der Waals surface area contributed by atoms with E-state index in [2.05, 4.69) is 30.7 Å². The van der Waals surface area contributed by atoms with Gasteiger partial charge in [0.25, 0.3) is 0 Å². The van der Waals surface area contributed by atoms with Crippen LogP contribution in [0.4, 0.5) is 5.69 Å². The van der Waals surface area contributed by atoms with Crippen molar-refractivity contribution >= 4 is 22.6 Å². The van der Waals surface area contributed by atoms with Crippen molar-refractivity contribution in [3.8, 4) is 11.4 Å². The fourth-order valence-electron chi connectivity index (χ4n) is 2.97. The summed E-state index contributed by atoms with van der Waals surface area (Å²) in [6.07, 6.45) is 0. The molecule has 0 aliphatic heterocycles. The molecule has 0 saturated heterocycles. The van der Waals surface area contributed by atoms with Crippen molar-refractivity contribution in [3.05, 3.63) is 53.3 Å². The summed E-state index contributed by atoms with van der Waals surface area (Å²) >= 11 is 0. The normalized spacial score (nSPS) is 11.1. The monoisotopic (exact) mass is 361 g/mol. The number of carbonyl (C=O) groups excluding carboxylic acids is 1. The number of nitrogens with zero attached hydrogens (tertiary/aromatic N) is 5. The molecule has 0 fully saturated rings. The van der Waals surface area contributed by atoms with Crippen molar-refractivity contribution in [1.82, 2.24) is 30.2 Å². The lowest BCUT2D eigenvalue weighted by Crippen LogP contribution is -2.21. The van der Waals surface area contributed by atoms with Gasteiger partial charge in [0.2, 0.25) is 11.7 Å². The molecule has 27 heavy (non-hydrogen) atoms. The van der Waals surface area contributed by atoms with Crippen LogP contribution in [0.25, 0.3) is 22.4 Å². The molecule has 4 rings (SSSR count). The van der Waals surface area contributed by atoms with Crippen LogP contribution in [0.2, 0.25) is 0 Å². The third-order valence-corrected chi connectivity index (χ3v) is 4.25. The second-order valence-corrected chi connectivity index (χ2v) is 6.56. The maximum atomic E-state index is 12.3. The Morgan fingerprint density at radius 1 is 1.15 bits per heavy atom. The number of aryl methyl sites for hydroxylation is 3. The molecule has 136 valence electrons. The summed E-state index contributed by atoms with van der Waals surface area (Å²) in [7, 11) is 0. The van der Waals surface area contributed by atoms with Gasteiger partial charge in [-0.25, -0.2) is 4.98 Å². The first-order valence-corrected chi connectivity index (χ1v) is 8.59. The molecule has 2 aromatic heterocycles. The van der Waals surface area contributed by atoms with Gasteiger partial charge in [0, 0.05) is 11.3 Å². The highest BCUT2D eigenvalue weighted by Gasteiger charge is 2.11. The molecule has 0 saturated carbocycles. The number of tetrazole rings is 1. The van der Waals surface area contributed by atoms with Crippen molar-refractivity contribution in [3.63, 3.8) is 0 Å². The van der Waals surface area contributed by atoms with Crippen LogP contribution in [-0.4, -0.2) is 36.1 Å². The molecule has 0 spiro atoms. The Labute approximate surface area is 155 Å². The van der Waals surface area contributed by atoms with Crippen molar-refractivity contribution in [2.45, 2.75) is 27.3 Å². The molecule has 2 heterocycles. The zero-order chi connectivity index (χ0) is 19.0. The first kappa shape index (κ1) is 16.9. The third kappa shape index (κ3) is 3.55. The predicted octanol–water partition coefficient (Wildman–Crippen LogP) is 2.78. The predicted molar refractivity (Wildman–Crippen MR) is 102 cm³/mol. The molecular formula is C19H19N7O. The molecular weight excluding hydrogens is 342 g/mol. The molecule has 0 aliphatic rings. The van der Waals surface area contributed by atoms with E-state index >= 15 is 0 Å². The number of nitrogens with one attached hydrogen (secondary N) is 2. The number of amides is 1. The molecule has 2 aromatic carbocycles. The Morgan fingerprint density at radius 2 is 2.00 bits per heavy atom. The van der Waals surface area contributed by atoms with Gasteiger partial charge in [0.15, 0.2) is 0 Å². The SMILES string of the molecule is Cc1ccc(NC(=O)Cn2nnc(-c3ccc4nc(C)[nH]c4c3)n2)c(C)c1. The van der Waals surface area contributed by atoms with Crippen molar-refractivity contribution < 1.29 is 4.79 Å². The first-order chi connectivity index (χ1) is 13.0. The summed E-state index contributed by atoms with van der Waals surface area (Å²) in [6.45, 7) is 5.87. The minimum Gasteiger partial charge on any atom is -0.342 e. The standard InChI is InChI=1S/C19H19N7O/c1-11-4-6-15(12(2)8-11)22-18(27)10-26-24-19(23-25-26)14-5-7-16-17(9-14)21-13(3)20-16/h4-9H,10H2,1-3H3,(H,20,21)(H,22,27). The Bertz CT molecular complexity index is 1140. The van der Waals surface area contributed by atoms with Crippen LogP contribution in [0.3, 0.4) is 0 Å². The average Bonchev–Trinajstić information content (AvgIpc) is 3.22. The van der Waals surface area contributed by atoms with Gasteiger partial charge in [0.05, 0.1) is 11.0 Å². The molecule has 8 heteroatoms. The van der Waals surface area contributed by atoms with Crippen LogP contribution in [0.15, 0.2) is 36.4 Å². The maximum absolute atomic E-state index is 12.3. The Morgan fingerprint density at radius 3 is 2.81 bits per heavy atom. The number of hydrogen-bond donors (Lipinski definition) is 2. The minimum absolute atomic E-state index is 0.00821. The van der Waals surface area contributed by atoms with Gasteiger partial charge in [-0.2, -0.15) is 4.80 Å². The van der Waals surface area contributed by atoms with Crippen LogP contribution in [0.1, 0.15) is 17.0 Å². The summed E-state index contributed by atoms with van der Waals surface area (Å²) < 4.78 is 0. The van der Waals surface area contributed by atoms with E-state index < -0.39 is 0 Å². The fraction of sp³-hybridized carbons (Fsp3) is 0.211. The largest absolute Gasteiger partial charge is 0.342 e. The Balaban J connectivity index is 1.49. The van der Waals surface area contributed by atoms with E-state index in [0.717, 1.165) is 39.2 Å². The van der Waals surface area contributed by atoms with Crippen LogP contribution in [-0.2, 0) is 11.3 Å². The highest BCUT2D eigenvalue weighted by molar-refractivity contribution is 5.91. The van der Waals surface area contributed by atoms with E-state index in [-0.39, 0.29) is 12.5 Å². The molecule has 1 amide bonds. The molecule has 0 aliphatic carbocycles. The van der Waals surface area contributed by atoms with E-state index in [9.17, 15) is 4.79 Å². The van der Waals surface area contributed by atoms with Gasteiger partial charge in [0.1, 0.15) is 12.4 Å². The van der Waals surface area contributed by atoms with Gasteiger partial charge in [-0.1, -0.05) is 17.7 Å². The summed E-state index contributed by atoms with van der Waals surface area (Å²) in [5.41, 5.74) is 5.56. The minimum atomic E-state index is -0.203. The maximum Gasteiger partial charge on any atom is 0.248 e. The lowest BCUT2D eigenvalue weighted by molar-refractivity contribution is -0.117. The Kier molecular flexibility index (Phi) is 4.15. The molecule has 0 radical (unpaired) electrons. The number of aromatic nitrogens is 6. The highest BCUT2D eigenvalue weighted by Crippen LogP contribution is 2.20. The second-order valence-electron chi connectivity index (χ2n) is 6.56. The number of carbonyl (C=O) groups is 1. The van der Waals surface area contributed by atoms with Gasteiger partial charge in [-0.3, -0.25) is 4.79 Å². The summed E-state index contributed by atoms with van der Waals surface area (Å²) in [5.74, 6) is 1.11. The number of hydrogen-bond acceptors (Lipinski definition) is 5. The van der Waals surface area contributed by atoms with Crippen LogP contribution < -0.4 is 5.32 Å². The van der Waals surface area contributed by atoms with E-state index in [1.54, 1.807) is 0 Å². The zero-order valence-corrected chi connectivity index (χ0v) is 15.3. The molecule has 0 bridgehead atoms. The third-order valence-electron chi connectivity index (χ3n) is 4.25. The molecule has 2 N–H and O–H groups in total. The lowest BCUT2D eigenvalue weighted by Gasteiger charge is -2.08. The summed E-state index contributed by atoms with van der Waals surface area (Å²) in [4.78, 5) is 21.1. The lowest BCUT2D eigenvalue weighted by atomic mass is 10.1. The van der Waals surface area contributed by atoms with Crippen molar-refractivity contribution in [1.29, 1.82) is 0 Å². The zero-order valence-electron chi connectivity index (χ0n) is 15.3. The molecule has 8 nitrogen and oxygen atoms in total.